The van der Waals surface area contributed by atoms with Crippen molar-refractivity contribution in [2.24, 2.45) is 5.92 Å². The Labute approximate surface area is 142 Å². The summed E-state index contributed by atoms with van der Waals surface area (Å²) in [6.07, 6.45) is 10.1. The van der Waals surface area contributed by atoms with Crippen molar-refractivity contribution in [2.75, 3.05) is 25.5 Å². The van der Waals surface area contributed by atoms with Crippen molar-refractivity contribution in [3.05, 3.63) is 36.0 Å². The molecule has 7 nitrogen and oxygen atoms in total. The van der Waals surface area contributed by atoms with Gasteiger partial charge in [0.1, 0.15) is 12.4 Å². The zero-order valence-corrected chi connectivity index (χ0v) is 14.3. The molecule has 0 radical (unpaired) electrons. The minimum atomic E-state index is 0.135. The lowest BCUT2D eigenvalue weighted by molar-refractivity contribution is -0.133. The van der Waals surface area contributed by atoms with Crippen molar-refractivity contribution in [1.82, 2.24) is 24.6 Å². The van der Waals surface area contributed by atoms with Crippen LogP contribution in [0.25, 0.3) is 0 Å². The van der Waals surface area contributed by atoms with Gasteiger partial charge in [-0.2, -0.15) is 5.10 Å². The fourth-order valence-corrected chi connectivity index (χ4v) is 3.25. The van der Waals surface area contributed by atoms with E-state index >= 15 is 0 Å². The van der Waals surface area contributed by atoms with Crippen molar-refractivity contribution < 1.29 is 4.79 Å². The van der Waals surface area contributed by atoms with E-state index in [1.807, 2.05) is 25.1 Å². The van der Waals surface area contributed by atoms with Gasteiger partial charge in [0.25, 0.3) is 0 Å². The Bertz CT molecular complexity index is 698. The number of carbonyl (C=O) groups excluding carboxylic acids is 1. The number of carbonyl (C=O) groups is 1. The molecule has 3 rings (SSSR count). The molecule has 1 N–H and O–H groups in total. The number of aromatic nitrogens is 4. The Kier molecular flexibility index (Phi) is 5.08. The van der Waals surface area contributed by atoms with Gasteiger partial charge in [-0.1, -0.05) is 0 Å². The summed E-state index contributed by atoms with van der Waals surface area (Å²) in [5.41, 5.74) is 2.04. The minimum absolute atomic E-state index is 0.135. The van der Waals surface area contributed by atoms with Crippen LogP contribution in [-0.2, 0) is 17.8 Å². The maximum absolute atomic E-state index is 12.5. The maximum atomic E-state index is 12.5. The second-order valence-corrected chi connectivity index (χ2v) is 6.37. The Balaban J connectivity index is 1.60. The van der Waals surface area contributed by atoms with Crippen LogP contribution in [0.3, 0.4) is 0 Å². The Morgan fingerprint density at radius 3 is 2.96 bits per heavy atom. The molecule has 1 atom stereocenters. The van der Waals surface area contributed by atoms with Crippen LogP contribution in [0.1, 0.15) is 24.1 Å². The largest absolute Gasteiger partial charge is 0.372 e. The van der Waals surface area contributed by atoms with E-state index in [1.54, 1.807) is 23.3 Å². The first-order valence-corrected chi connectivity index (χ1v) is 8.40. The van der Waals surface area contributed by atoms with E-state index in [0.29, 0.717) is 12.5 Å². The molecule has 1 aliphatic rings. The van der Waals surface area contributed by atoms with Crippen molar-refractivity contribution in [3.8, 4) is 0 Å². The number of likely N-dealkylation sites (tertiary alicyclic amines) is 1. The molecule has 1 unspecified atom stereocenters. The molecule has 1 aliphatic heterocycles. The number of amides is 1. The number of hydrogen-bond donors (Lipinski definition) is 1. The molecular formula is C17H24N6O. The van der Waals surface area contributed by atoms with Crippen LogP contribution in [0.2, 0.25) is 0 Å². The van der Waals surface area contributed by atoms with Crippen LogP contribution in [0.4, 0.5) is 5.82 Å². The Hall–Kier alpha value is -2.44. The van der Waals surface area contributed by atoms with Gasteiger partial charge >= 0.3 is 0 Å². The van der Waals surface area contributed by atoms with E-state index in [4.69, 9.17) is 0 Å². The first-order valence-electron chi connectivity index (χ1n) is 8.40. The molecule has 3 heterocycles. The summed E-state index contributed by atoms with van der Waals surface area (Å²) in [7, 11) is 1.86. The highest BCUT2D eigenvalue weighted by atomic mass is 16.2. The second-order valence-electron chi connectivity index (χ2n) is 6.37. The van der Waals surface area contributed by atoms with Crippen LogP contribution in [-0.4, -0.2) is 50.7 Å². The second kappa shape index (κ2) is 7.42. The average Bonchev–Trinajstić information content (AvgIpc) is 3.00. The topological polar surface area (TPSA) is 75.9 Å². The van der Waals surface area contributed by atoms with Crippen LogP contribution in [0.5, 0.6) is 0 Å². The van der Waals surface area contributed by atoms with Crippen molar-refractivity contribution >= 4 is 11.7 Å². The third-order valence-electron chi connectivity index (χ3n) is 4.42. The van der Waals surface area contributed by atoms with E-state index in [9.17, 15) is 4.79 Å². The van der Waals surface area contributed by atoms with Gasteiger partial charge in [-0.05, 0) is 37.7 Å². The van der Waals surface area contributed by atoms with Crippen molar-refractivity contribution in [3.63, 3.8) is 0 Å². The number of piperidine rings is 1. The predicted molar refractivity (Wildman–Crippen MR) is 91.6 cm³/mol. The highest BCUT2D eigenvalue weighted by molar-refractivity contribution is 5.76. The van der Waals surface area contributed by atoms with Gasteiger partial charge in [-0.25, -0.2) is 4.98 Å². The van der Waals surface area contributed by atoms with E-state index in [0.717, 1.165) is 49.4 Å². The van der Waals surface area contributed by atoms with Gasteiger partial charge in [0, 0.05) is 38.7 Å². The fourth-order valence-electron chi connectivity index (χ4n) is 3.25. The fraction of sp³-hybridized carbons (Fsp3) is 0.529. The molecule has 2 aromatic heterocycles. The summed E-state index contributed by atoms with van der Waals surface area (Å²) in [5, 5.41) is 7.29. The standard InChI is InChI=1S/C17H24N6O/c1-13-9-21-23(10-13)12-16(24)22-7-3-4-14(11-22)8-15-17(18-2)20-6-5-19-15/h5-6,9-10,14H,3-4,7-8,11-12H2,1-2H3,(H,18,20). The van der Waals surface area contributed by atoms with Gasteiger partial charge in [-0.3, -0.25) is 14.5 Å². The van der Waals surface area contributed by atoms with Gasteiger partial charge in [-0.15, -0.1) is 0 Å². The summed E-state index contributed by atoms with van der Waals surface area (Å²) in [4.78, 5) is 23.2. The molecule has 7 heteroatoms. The number of nitrogens with one attached hydrogen (secondary N) is 1. The molecule has 0 aliphatic carbocycles. The summed E-state index contributed by atoms with van der Waals surface area (Å²) < 4.78 is 1.71. The molecule has 0 bridgehead atoms. The van der Waals surface area contributed by atoms with Crippen LogP contribution >= 0.6 is 0 Å². The first kappa shape index (κ1) is 16.4. The van der Waals surface area contributed by atoms with Crippen LogP contribution < -0.4 is 5.32 Å². The lowest BCUT2D eigenvalue weighted by Gasteiger charge is -2.33. The molecule has 1 amide bonds. The van der Waals surface area contributed by atoms with Gasteiger partial charge in [0.2, 0.25) is 5.91 Å². The Morgan fingerprint density at radius 2 is 2.21 bits per heavy atom. The molecule has 1 saturated heterocycles. The lowest BCUT2D eigenvalue weighted by Crippen LogP contribution is -2.42. The molecule has 128 valence electrons. The lowest BCUT2D eigenvalue weighted by atomic mass is 9.93. The third-order valence-corrected chi connectivity index (χ3v) is 4.42. The number of nitrogens with zero attached hydrogens (tertiary/aromatic N) is 5. The smallest absolute Gasteiger partial charge is 0.244 e. The highest BCUT2D eigenvalue weighted by Crippen LogP contribution is 2.22. The summed E-state index contributed by atoms with van der Waals surface area (Å²) in [6, 6.07) is 0. The maximum Gasteiger partial charge on any atom is 0.244 e. The van der Waals surface area contributed by atoms with Crippen molar-refractivity contribution in [1.29, 1.82) is 0 Å². The molecule has 1 fully saturated rings. The molecule has 0 saturated carbocycles. The van der Waals surface area contributed by atoms with Crippen LogP contribution in [0, 0.1) is 12.8 Å². The molecular weight excluding hydrogens is 304 g/mol. The van der Waals surface area contributed by atoms with Gasteiger partial charge < -0.3 is 10.2 Å². The summed E-state index contributed by atoms with van der Waals surface area (Å²) in [6.45, 7) is 3.90. The normalized spacial score (nSPS) is 17.8. The monoisotopic (exact) mass is 328 g/mol. The highest BCUT2D eigenvalue weighted by Gasteiger charge is 2.25. The number of anilines is 1. The van der Waals surface area contributed by atoms with Gasteiger partial charge in [0.05, 0.1) is 11.9 Å². The number of hydrogen-bond acceptors (Lipinski definition) is 5. The van der Waals surface area contributed by atoms with E-state index in [1.165, 1.54) is 0 Å². The van der Waals surface area contributed by atoms with Crippen molar-refractivity contribution in [2.45, 2.75) is 32.7 Å². The van der Waals surface area contributed by atoms with E-state index in [2.05, 4.69) is 20.4 Å². The van der Waals surface area contributed by atoms with Gasteiger partial charge in [0.15, 0.2) is 0 Å². The molecule has 2 aromatic rings. The zero-order valence-electron chi connectivity index (χ0n) is 14.3. The third kappa shape index (κ3) is 3.90. The average molecular weight is 328 g/mol. The predicted octanol–water partition coefficient (Wildman–Crippen LogP) is 1.50. The molecule has 0 spiro atoms. The van der Waals surface area contributed by atoms with E-state index in [-0.39, 0.29) is 5.91 Å². The quantitative estimate of drug-likeness (QED) is 0.900. The van der Waals surface area contributed by atoms with E-state index < -0.39 is 0 Å². The minimum Gasteiger partial charge on any atom is -0.372 e. The molecule has 0 aromatic carbocycles. The number of rotatable bonds is 5. The first-order chi connectivity index (χ1) is 11.7. The molecule has 24 heavy (non-hydrogen) atoms. The SMILES string of the molecule is CNc1nccnc1CC1CCCN(C(=O)Cn2cc(C)cn2)C1. The summed E-state index contributed by atoms with van der Waals surface area (Å²) >= 11 is 0. The number of aryl methyl sites for hydroxylation is 1. The van der Waals surface area contributed by atoms with Crippen LogP contribution in [0.15, 0.2) is 24.8 Å². The zero-order chi connectivity index (χ0) is 16.9. The Morgan fingerprint density at radius 1 is 1.38 bits per heavy atom. The summed E-state index contributed by atoms with van der Waals surface area (Å²) in [5.74, 6) is 1.38.